The third-order valence-corrected chi connectivity index (χ3v) is 3.97. The van der Waals surface area contributed by atoms with Gasteiger partial charge in [0.05, 0.1) is 5.69 Å². The molecule has 0 fully saturated rings. The minimum Gasteiger partial charge on any atom is -0.475 e. The SMILES string of the molecule is Cc1oc(C(=O)O)cc1CNc1c(Br)cccc1Br. The van der Waals surface area contributed by atoms with Crippen molar-refractivity contribution in [2.24, 2.45) is 0 Å². The second kappa shape index (κ2) is 5.79. The van der Waals surface area contributed by atoms with Gasteiger partial charge in [0.25, 0.3) is 0 Å². The van der Waals surface area contributed by atoms with E-state index in [4.69, 9.17) is 9.52 Å². The summed E-state index contributed by atoms with van der Waals surface area (Å²) in [6.07, 6.45) is 0. The molecule has 0 amide bonds. The second-order valence-electron chi connectivity index (χ2n) is 3.95. The molecule has 0 atom stereocenters. The summed E-state index contributed by atoms with van der Waals surface area (Å²) in [5.74, 6) is -0.495. The number of carbonyl (C=O) groups is 1. The van der Waals surface area contributed by atoms with Crippen LogP contribution in [0, 0.1) is 6.92 Å². The van der Waals surface area contributed by atoms with E-state index in [0.717, 1.165) is 20.2 Å². The van der Waals surface area contributed by atoms with E-state index in [-0.39, 0.29) is 5.76 Å². The van der Waals surface area contributed by atoms with Gasteiger partial charge in [0.15, 0.2) is 0 Å². The second-order valence-corrected chi connectivity index (χ2v) is 5.66. The predicted molar refractivity (Wildman–Crippen MR) is 79.6 cm³/mol. The topological polar surface area (TPSA) is 62.5 Å². The van der Waals surface area contributed by atoms with Crippen molar-refractivity contribution in [2.45, 2.75) is 13.5 Å². The van der Waals surface area contributed by atoms with Crippen molar-refractivity contribution in [3.63, 3.8) is 0 Å². The fraction of sp³-hybridized carbons (Fsp3) is 0.154. The molecule has 0 unspecified atom stereocenters. The maximum atomic E-state index is 10.8. The highest BCUT2D eigenvalue weighted by Crippen LogP contribution is 2.31. The van der Waals surface area contributed by atoms with E-state index in [1.807, 2.05) is 18.2 Å². The predicted octanol–water partition coefficient (Wildman–Crippen LogP) is 4.42. The molecule has 0 saturated carbocycles. The Kier molecular flexibility index (Phi) is 4.31. The van der Waals surface area contributed by atoms with Crippen LogP contribution in [0.4, 0.5) is 5.69 Å². The summed E-state index contributed by atoms with van der Waals surface area (Å²) in [4.78, 5) is 10.8. The van der Waals surface area contributed by atoms with Crippen molar-refractivity contribution >= 4 is 43.5 Å². The van der Waals surface area contributed by atoms with Crippen LogP contribution in [0.25, 0.3) is 0 Å². The molecule has 1 aromatic carbocycles. The minimum absolute atomic E-state index is 0.0412. The van der Waals surface area contributed by atoms with Crippen LogP contribution >= 0.6 is 31.9 Å². The monoisotopic (exact) mass is 387 g/mol. The van der Waals surface area contributed by atoms with E-state index < -0.39 is 5.97 Å². The number of carboxylic acids is 1. The Morgan fingerprint density at radius 2 is 2.00 bits per heavy atom. The molecular weight excluding hydrogens is 378 g/mol. The third-order valence-electron chi connectivity index (χ3n) is 2.65. The first kappa shape index (κ1) is 14.1. The number of nitrogens with one attached hydrogen (secondary N) is 1. The van der Waals surface area contributed by atoms with Gasteiger partial charge in [0.1, 0.15) is 5.76 Å². The highest BCUT2D eigenvalue weighted by Gasteiger charge is 2.13. The summed E-state index contributed by atoms with van der Waals surface area (Å²) in [5.41, 5.74) is 1.74. The van der Waals surface area contributed by atoms with E-state index in [0.29, 0.717) is 12.3 Å². The Labute approximate surface area is 127 Å². The molecule has 0 aliphatic heterocycles. The number of hydrogen-bond acceptors (Lipinski definition) is 3. The normalized spacial score (nSPS) is 10.5. The summed E-state index contributed by atoms with van der Waals surface area (Å²) < 4.78 is 7.03. The van der Waals surface area contributed by atoms with Crippen molar-refractivity contribution in [3.8, 4) is 0 Å². The third kappa shape index (κ3) is 3.19. The lowest BCUT2D eigenvalue weighted by Crippen LogP contribution is -2.01. The average molecular weight is 389 g/mol. The first-order chi connectivity index (χ1) is 8.99. The number of benzene rings is 1. The Hall–Kier alpha value is -1.27. The van der Waals surface area contributed by atoms with Crippen molar-refractivity contribution in [2.75, 3.05) is 5.32 Å². The summed E-state index contributed by atoms with van der Waals surface area (Å²) in [6.45, 7) is 2.24. The van der Waals surface area contributed by atoms with Crippen molar-refractivity contribution < 1.29 is 14.3 Å². The molecule has 0 spiro atoms. The number of rotatable bonds is 4. The van der Waals surface area contributed by atoms with Gasteiger partial charge in [-0.3, -0.25) is 0 Å². The van der Waals surface area contributed by atoms with Crippen LogP contribution in [0.2, 0.25) is 0 Å². The molecule has 2 rings (SSSR count). The van der Waals surface area contributed by atoms with Crippen LogP contribution < -0.4 is 5.32 Å². The summed E-state index contributed by atoms with van der Waals surface area (Å²) in [5, 5.41) is 12.1. The molecule has 1 aromatic heterocycles. The lowest BCUT2D eigenvalue weighted by Gasteiger charge is -2.09. The van der Waals surface area contributed by atoms with Crippen LogP contribution in [0.1, 0.15) is 21.9 Å². The lowest BCUT2D eigenvalue weighted by atomic mass is 10.2. The molecule has 4 nitrogen and oxygen atoms in total. The first-order valence-corrected chi connectivity index (χ1v) is 7.08. The highest BCUT2D eigenvalue weighted by molar-refractivity contribution is 9.11. The number of halogens is 2. The summed E-state index contributed by atoms with van der Waals surface area (Å²) in [7, 11) is 0. The number of furan rings is 1. The van der Waals surface area contributed by atoms with Gasteiger partial charge in [-0.2, -0.15) is 0 Å². The van der Waals surface area contributed by atoms with Gasteiger partial charge in [0, 0.05) is 21.1 Å². The van der Waals surface area contributed by atoms with Crippen LogP contribution in [0.5, 0.6) is 0 Å². The van der Waals surface area contributed by atoms with E-state index in [9.17, 15) is 4.79 Å². The molecule has 0 radical (unpaired) electrons. The molecule has 19 heavy (non-hydrogen) atoms. The van der Waals surface area contributed by atoms with E-state index in [1.54, 1.807) is 6.92 Å². The molecule has 2 aromatic rings. The molecule has 1 heterocycles. The smallest absolute Gasteiger partial charge is 0.371 e. The number of carboxylic acid groups (broad SMARTS) is 1. The number of anilines is 1. The van der Waals surface area contributed by atoms with Gasteiger partial charge < -0.3 is 14.8 Å². The lowest BCUT2D eigenvalue weighted by molar-refractivity contribution is 0.0661. The molecular formula is C13H11Br2NO3. The largest absolute Gasteiger partial charge is 0.475 e. The average Bonchev–Trinajstić information content (AvgIpc) is 2.70. The first-order valence-electron chi connectivity index (χ1n) is 5.49. The quantitative estimate of drug-likeness (QED) is 0.813. The van der Waals surface area contributed by atoms with Crippen LogP contribution in [-0.2, 0) is 6.54 Å². The van der Waals surface area contributed by atoms with Gasteiger partial charge in [-0.05, 0) is 57.0 Å². The fourth-order valence-electron chi connectivity index (χ4n) is 1.65. The molecule has 100 valence electrons. The summed E-state index contributed by atoms with van der Waals surface area (Å²) in [6, 6.07) is 7.32. The van der Waals surface area contributed by atoms with Crippen LogP contribution in [-0.4, -0.2) is 11.1 Å². The number of hydrogen-bond donors (Lipinski definition) is 2. The zero-order chi connectivity index (χ0) is 14.0. The van der Waals surface area contributed by atoms with Gasteiger partial charge in [-0.15, -0.1) is 0 Å². The number of aromatic carboxylic acids is 1. The Balaban J connectivity index is 2.17. The van der Waals surface area contributed by atoms with Crippen molar-refractivity contribution in [1.29, 1.82) is 0 Å². The van der Waals surface area contributed by atoms with Gasteiger partial charge in [-0.25, -0.2) is 4.79 Å². The van der Waals surface area contributed by atoms with Crippen LogP contribution in [0.15, 0.2) is 37.6 Å². The highest BCUT2D eigenvalue weighted by atomic mass is 79.9. The number of para-hydroxylation sites is 1. The van der Waals surface area contributed by atoms with Crippen LogP contribution in [0.3, 0.4) is 0 Å². The maximum absolute atomic E-state index is 10.8. The Morgan fingerprint density at radius 3 is 2.53 bits per heavy atom. The fourth-order valence-corrected chi connectivity index (χ4v) is 2.93. The molecule has 6 heteroatoms. The van der Waals surface area contributed by atoms with Crippen molar-refractivity contribution in [3.05, 3.63) is 50.3 Å². The Morgan fingerprint density at radius 1 is 1.37 bits per heavy atom. The zero-order valence-corrected chi connectivity index (χ0v) is 13.2. The molecule has 0 aliphatic rings. The van der Waals surface area contributed by atoms with Crippen molar-refractivity contribution in [1.82, 2.24) is 0 Å². The van der Waals surface area contributed by atoms with Gasteiger partial charge in [-0.1, -0.05) is 6.07 Å². The number of aryl methyl sites for hydroxylation is 1. The Bertz CT molecular complexity index is 602. The zero-order valence-electron chi connectivity index (χ0n) is 10.0. The minimum atomic E-state index is -1.06. The van der Waals surface area contributed by atoms with Gasteiger partial charge in [0.2, 0.25) is 5.76 Å². The molecule has 0 aliphatic carbocycles. The molecule has 0 saturated heterocycles. The summed E-state index contributed by atoms with van der Waals surface area (Å²) >= 11 is 6.92. The van der Waals surface area contributed by atoms with Gasteiger partial charge >= 0.3 is 5.97 Å². The standard InChI is InChI=1S/C13H11Br2NO3/c1-7-8(5-11(19-7)13(17)18)6-16-12-9(14)3-2-4-10(12)15/h2-5,16H,6H2,1H3,(H,17,18). The van der Waals surface area contributed by atoms with E-state index in [2.05, 4.69) is 37.2 Å². The molecule has 0 bridgehead atoms. The van der Waals surface area contributed by atoms with E-state index in [1.165, 1.54) is 6.07 Å². The maximum Gasteiger partial charge on any atom is 0.371 e. The molecule has 2 N–H and O–H groups in total. The van der Waals surface area contributed by atoms with E-state index >= 15 is 0 Å².